The minimum atomic E-state index is -0.338. The van der Waals surface area contributed by atoms with Gasteiger partial charge in [0.25, 0.3) is 11.5 Å². The van der Waals surface area contributed by atoms with Crippen molar-refractivity contribution < 1.29 is 9.59 Å². The Balaban J connectivity index is 1.85. The first-order valence-corrected chi connectivity index (χ1v) is 8.20. The number of nitrogens with zero attached hydrogens (tertiary/aromatic N) is 2. The number of carbonyl (C=O) groups is 2. The van der Waals surface area contributed by atoms with Crippen molar-refractivity contribution >= 4 is 11.8 Å². The molecule has 2 rings (SSSR count). The van der Waals surface area contributed by atoms with Crippen molar-refractivity contribution in [3.05, 3.63) is 28.2 Å². The Morgan fingerprint density at radius 2 is 1.96 bits per heavy atom. The first-order valence-electron chi connectivity index (χ1n) is 8.20. The summed E-state index contributed by atoms with van der Waals surface area (Å²) in [5.74, 6) is 0.0274. The molecule has 1 aliphatic rings. The number of aromatic nitrogens is 2. The van der Waals surface area contributed by atoms with E-state index in [1.807, 2.05) is 18.7 Å². The van der Waals surface area contributed by atoms with Gasteiger partial charge in [-0.05, 0) is 31.7 Å². The van der Waals surface area contributed by atoms with Crippen molar-refractivity contribution in [3.8, 4) is 0 Å². The summed E-state index contributed by atoms with van der Waals surface area (Å²) in [4.78, 5) is 37.3. The van der Waals surface area contributed by atoms with Crippen LogP contribution in [0.25, 0.3) is 0 Å². The lowest BCUT2D eigenvalue weighted by atomic mass is 9.98. The van der Waals surface area contributed by atoms with E-state index in [0.29, 0.717) is 13.1 Å². The number of carbonyl (C=O) groups excluding carboxylic acids is 2. The fourth-order valence-corrected chi connectivity index (χ4v) is 2.87. The van der Waals surface area contributed by atoms with Crippen LogP contribution in [-0.2, 0) is 4.79 Å². The van der Waals surface area contributed by atoms with Crippen molar-refractivity contribution in [1.29, 1.82) is 0 Å². The van der Waals surface area contributed by atoms with E-state index < -0.39 is 0 Å². The highest BCUT2D eigenvalue weighted by atomic mass is 16.2. The Kier molecular flexibility index (Phi) is 5.90. The van der Waals surface area contributed by atoms with Gasteiger partial charge in [0, 0.05) is 31.1 Å². The van der Waals surface area contributed by atoms with Gasteiger partial charge in [-0.2, -0.15) is 5.10 Å². The molecule has 1 aromatic rings. The zero-order valence-electron chi connectivity index (χ0n) is 13.7. The number of hydrogen-bond donors (Lipinski definition) is 2. The Morgan fingerprint density at radius 1 is 1.30 bits per heavy atom. The second-order valence-electron chi connectivity index (χ2n) is 5.89. The van der Waals surface area contributed by atoms with Gasteiger partial charge in [0.05, 0.1) is 0 Å². The standard InChI is InChI=1S/C16H24N4O3/c1-3-11(4-2)16(23)20-9-7-12(8-10-20)17-15(22)13-5-6-14(21)19-18-13/h5-6,11-12H,3-4,7-10H2,1-2H3,(H,17,22)(H,19,21). The molecule has 0 radical (unpaired) electrons. The zero-order chi connectivity index (χ0) is 16.8. The maximum absolute atomic E-state index is 12.3. The second kappa shape index (κ2) is 7.89. The Morgan fingerprint density at radius 3 is 2.48 bits per heavy atom. The highest BCUT2D eigenvalue weighted by Crippen LogP contribution is 2.17. The van der Waals surface area contributed by atoms with Crippen LogP contribution in [0.5, 0.6) is 0 Å². The molecule has 1 aromatic heterocycles. The first-order chi connectivity index (χ1) is 11.0. The molecule has 1 aliphatic heterocycles. The second-order valence-corrected chi connectivity index (χ2v) is 5.89. The van der Waals surface area contributed by atoms with Crippen LogP contribution in [0.15, 0.2) is 16.9 Å². The van der Waals surface area contributed by atoms with Crippen LogP contribution in [0, 0.1) is 5.92 Å². The lowest BCUT2D eigenvalue weighted by molar-refractivity contribution is -0.136. The fraction of sp³-hybridized carbons (Fsp3) is 0.625. The number of amides is 2. The predicted octanol–water partition coefficient (Wildman–Crippen LogP) is 0.927. The monoisotopic (exact) mass is 320 g/mol. The number of rotatable bonds is 5. The summed E-state index contributed by atoms with van der Waals surface area (Å²) in [7, 11) is 0. The average molecular weight is 320 g/mol. The van der Waals surface area contributed by atoms with Gasteiger partial charge in [-0.15, -0.1) is 0 Å². The quantitative estimate of drug-likeness (QED) is 0.843. The van der Waals surface area contributed by atoms with Gasteiger partial charge >= 0.3 is 0 Å². The van der Waals surface area contributed by atoms with Crippen LogP contribution in [0.1, 0.15) is 50.0 Å². The van der Waals surface area contributed by atoms with E-state index in [-0.39, 0.29) is 35.0 Å². The number of aromatic amines is 1. The number of piperidine rings is 1. The summed E-state index contributed by atoms with van der Waals surface area (Å²) in [5, 5.41) is 8.87. The molecule has 7 nitrogen and oxygen atoms in total. The van der Waals surface area contributed by atoms with E-state index >= 15 is 0 Å². The van der Waals surface area contributed by atoms with Crippen molar-refractivity contribution in [2.75, 3.05) is 13.1 Å². The molecule has 0 spiro atoms. The van der Waals surface area contributed by atoms with Gasteiger partial charge in [0.1, 0.15) is 5.69 Å². The summed E-state index contributed by atoms with van der Waals surface area (Å²) < 4.78 is 0. The van der Waals surface area contributed by atoms with Gasteiger partial charge in [0.2, 0.25) is 5.91 Å². The Labute approximate surface area is 135 Å². The Hall–Kier alpha value is -2.18. The molecule has 2 amide bonds. The topological polar surface area (TPSA) is 95.2 Å². The first kappa shape index (κ1) is 17.2. The molecular formula is C16H24N4O3. The highest BCUT2D eigenvalue weighted by molar-refractivity contribution is 5.92. The summed E-state index contributed by atoms with van der Waals surface area (Å²) in [6.45, 7) is 5.41. The smallest absolute Gasteiger partial charge is 0.271 e. The van der Waals surface area contributed by atoms with E-state index in [9.17, 15) is 14.4 Å². The molecule has 1 fully saturated rings. The zero-order valence-corrected chi connectivity index (χ0v) is 13.7. The molecule has 2 N–H and O–H groups in total. The maximum atomic E-state index is 12.3. The molecule has 0 aromatic carbocycles. The Bertz CT molecular complexity index is 581. The molecular weight excluding hydrogens is 296 g/mol. The number of H-pyrrole nitrogens is 1. The van der Waals surface area contributed by atoms with Gasteiger partial charge < -0.3 is 10.2 Å². The minimum Gasteiger partial charge on any atom is -0.348 e. The van der Waals surface area contributed by atoms with Crippen molar-refractivity contribution in [2.45, 2.75) is 45.6 Å². The van der Waals surface area contributed by atoms with Gasteiger partial charge in [-0.25, -0.2) is 5.10 Å². The highest BCUT2D eigenvalue weighted by Gasteiger charge is 2.27. The number of nitrogens with one attached hydrogen (secondary N) is 2. The van der Waals surface area contributed by atoms with E-state index in [2.05, 4.69) is 15.5 Å². The maximum Gasteiger partial charge on any atom is 0.271 e. The molecule has 2 heterocycles. The van der Waals surface area contributed by atoms with Crippen LogP contribution in [0.4, 0.5) is 0 Å². The molecule has 0 saturated carbocycles. The minimum absolute atomic E-state index is 0.0296. The summed E-state index contributed by atoms with van der Waals surface area (Å²) in [6.07, 6.45) is 3.20. The van der Waals surface area contributed by atoms with E-state index in [0.717, 1.165) is 25.7 Å². The average Bonchev–Trinajstić information content (AvgIpc) is 2.57. The molecule has 0 atom stereocenters. The van der Waals surface area contributed by atoms with Crippen LogP contribution in [0.2, 0.25) is 0 Å². The number of likely N-dealkylation sites (tertiary alicyclic amines) is 1. The van der Waals surface area contributed by atoms with Gasteiger partial charge in [0.15, 0.2) is 0 Å². The van der Waals surface area contributed by atoms with E-state index in [1.54, 1.807) is 0 Å². The van der Waals surface area contributed by atoms with E-state index in [1.165, 1.54) is 12.1 Å². The van der Waals surface area contributed by atoms with Crippen LogP contribution in [-0.4, -0.2) is 46.0 Å². The van der Waals surface area contributed by atoms with Gasteiger partial charge in [-0.1, -0.05) is 13.8 Å². The normalized spacial score (nSPS) is 15.7. The molecule has 0 bridgehead atoms. The fourth-order valence-electron chi connectivity index (χ4n) is 2.87. The molecule has 23 heavy (non-hydrogen) atoms. The van der Waals surface area contributed by atoms with Crippen molar-refractivity contribution in [2.24, 2.45) is 5.92 Å². The molecule has 126 valence electrons. The molecule has 0 aliphatic carbocycles. The lowest BCUT2D eigenvalue weighted by Crippen LogP contribution is -2.48. The van der Waals surface area contributed by atoms with Crippen LogP contribution in [0.3, 0.4) is 0 Å². The van der Waals surface area contributed by atoms with Crippen molar-refractivity contribution in [1.82, 2.24) is 20.4 Å². The SMILES string of the molecule is CCC(CC)C(=O)N1CCC(NC(=O)c2ccc(=O)[nH]n2)CC1. The van der Waals surface area contributed by atoms with Crippen molar-refractivity contribution in [3.63, 3.8) is 0 Å². The number of hydrogen-bond acceptors (Lipinski definition) is 4. The third kappa shape index (κ3) is 4.40. The summed E-state index contributed by atoms with van der Waals surface area (Å²) >= 11 is 0. The molecule has 0 unspecified atom stereocenters. The summed E-state index contributed by atoms with van der Waals surface area (Å²) in [5.41, 5.74) is -0.144. The van der Waals surface area contributed by atoms with E-state index in [4.69, 9.17) is 0 Å². The third-order valence-corrected chi connectivity index (χ3v) is 4.39. The largest absolute Gasteiger partial charge is 0.348 e. The lowest BCUT2D eigenvalue weighted by Gasteiger charge is -2.34. The van der Waals surface area contributed by atoms with Crippen LogP contribution >= 0.6 is 0 Å². The summed E-state index contributed by atoms with van der Waals surface area (Å²) in [6, 6.07) is 2.71. The van der Waals surface area contributed by atoms with Crippen LogP contribution < -0.4 is 10.9 Å². The molecule has 1 saturated heterocycles. The van der Waals surface area contributed by atoms with Gasteiger partial charge in [-0.3, -0.25) is 14.4 Å². The predicted molar refractivity (Wildman–Crippen MR) is 86.0 cm³/mol. The molecule has 7 heteroatoms. The third-order valence-electron chi connectivity index (χ3n) is 4.39.